The molecule has 1 aliphatic heterocycles. The highest BCUT2D eigenvalue weighted by Gasteiger charge is 2.35. The smallest absolute Gasteiger partial charge is 0.248 e. The first-order chi connectivity index (χ1) is 14.6. The molecule has 1 aliphatic rings. The molecule has 0 spiro atoms. The van der Waals surface area contributed by atoms with E-state index in [9.17, 15) is 4.79 Å². The monoisotopic (exact) mass is 410 g/mol. The fourth-order valence-electron chi connectivity index (χ4n) is 4.32. The zero-order valence-electron chi connectivity index (χ0n) is 18.4. The maximum absolute atomic E-state index is 12.6. The Morgan fingerprint density at radius 2 is 1.77 bits per heavy atom. The number of carbonyl (C=O) groups is 1. The third kappa shape index (κ3) is 6.14. The normalized spacial score (nSPS) is 19.2. The molecule has 1 saturated heterocycles. The number of amides is 1. The molecule has 2 unspecified atom stereocenters. The Labute approximate surface area is 180 Å². The second-order valence-electron chi connectivity index (χ2n) is 8.22. The molecule has 1 amide bonds. The van der Waals surface area contributed by atoms with Gasteiger partial charge >= 0.3 is 0 Å². The van der Waals surface area contributed by atoms with Crippen molar-refractivity contribution in [3.05, 3.63) is 71.3 Å². The van der Waals surface area contributed by atoms with Gasteiger partial charge in [-0.1, -0.05) is 60.2 Å². The average molecular weight is 411 g/mol. The fourth-order valence-corrected chi connectivity index (χ4v) is 4.32. The second-order valence-corrected chi connectivity index (χ2v) is 8.22. The van der Waals surface area contributed by atoms with Gasteiger partial charge in [-0.3, -0.25) is 9.69 Å². The van der Waals surface area contributed by atoms with Gasteiger partial charge in [0.05, 0.1) is 6.61 Å². The Bertz CT molecular complexity index is 779. The number of methoxy groups -OCH3 is 2. The third-order valence-electron chi connectivity index (χ3n) is 5.91. The molecule has 0 N–H and O–H groups in total. The first kappa shape index (κ1) is 22.5. The highest BCUT2D eigenvalue weighted by Crippen LogP contribution is 2.34. The molecule has 0 bridgehead atoms. The summed E-state index contributed by atoms with van der Waals surface area (Å²) < 4.78 is 10.4. The highest BCUT2D eigenvalue weighted by atomic mass is 16.5. The lowest BCUT2D eigenvalue weighted by molar-refractivity contribution is -0.136. The summed E-state index contributed by atoms with van der Waals surface area (Å²) in [4.78, 5) is 17.1. The largest absolute Gasteiger partial charge is 0.383 e. The van der Waals surface area contributed by atoms with Crippen LogP contribution in [0.4, 0.5) is 0 Å². The van der Waals surface area contributed by atoms with Crippen molar-refractivity contribution in [3.63, 3.8) is 0 Å². The lowest BCUT2D eigenvalue weighted by atomic mass is 9.88. The molecule has 0 aliphatic carbocycles. The van der Waals surface area contributed by atoms with E-state index >= 15 is 0 Å². The van der Waals surface area contributed by atoms with Gasteiger partial charge in [0.25, 0.3) is 0 Å². The van der Waals surface area contributed by atoms with Crippen LogP contribution in [0.25, 0.3) is 0 Å². The summed E-state index contributed by atoms with van der Waals surface area (Å²) in [6.45, 7) is 6.97. The van der Waals surface area contributed by atoms with Crippen molar-refractivity contribution in [1.29, 1.82) is 0 Å². The molecular weight excluding hydrogens is 376 g/mol. The summed E-state index contributed by atoms with van der Waals surface area (Å²) >= 11 is 0. The molecule has 0 radical (unpaired) electrons. The van der Waals surface area contributed by atoms with Crippen molar-refractivity contribution in [2.75, 3.05) is 53.6 Å². The molecule has 2 aromatic carbocycles. The van der Waals surface area contributed by atoms with Crippen LogP contribution in [-0.2, 0) is 20.8 Å². The van der Waals surface area contributed by atoms with Crippen LogP contribution < -0.4 is 0 Å². The van der Waals surface area contributed by atoms with Crippen LogP contribution in [0.5, 0.6) is 0 Å². The summed E-state index contributed by atoms with van der Waals surface area (Å²) in [6, 6.07) is 19.5. The van der Waals surface area contributed by atoms with Gasteiger partial charge in [0, 0.05) is 52.9 Å². The quantitative estimate of drug-likeness (QED) is 0.603. The Morgan fingerprint density at radius 3 is 2.43 bits per heavy atom. The molecule has 162 valence electrons. The first-order valence-electron chi connectivity index (χ1n) is 10.7. The Kier molecular flexibility index (Phi) is 8.43. The number of aryl methyl sites for hydroxylation is 1. The second kappa shape index (κ2) is 11.3. The Morgan fingerprint density at radius 1 is 1.03 bits per heavy atom. The average Bonchev–Trinajstić information content (AvgIpc) is 3.14. The highest BCUT2D eigenvalue weighted by molar-refractivity contribution is 5.77. The van der Waals surface area contributed by atoms with Crippen molar-refractivity contribution >= 4 is 5.91 Å². The van der Waals surface area contributed by atoms with Crippen LogP contribution in [0.3, 0.4) is 0 Å². The van der Waals surface area contributed by atoms with Gasteiger partial charge in [0.15, 0.2) is 0 Å². The Hall–Kier alpha value is -2.21. The molecule has 0 saturated carbocycles. The van der Waals surface area contributed by atoms with Gasteiger partial charge in [0.1, 0.15) is 6.61 Å². The number of benzene rings is 2. The van der Waals surface area contributed by atoms with E-state index in [0.717, 1.165) is 26.2 Å². The minimum absolute atomic E-state index is 0.0266. The van der Waals surface area contributed by atoms with Gasteiger partial charge in [-0.15, -0.1) is 0 Å². The van der Waals surface area contributed by atoms with Crippen LogP contribution in [0.2, 0.25) is 0 Å². The molecule has 1 fully saturated rings. The molecule has 1 heterocycles. The molecule has 2 aromatic rings. The van der Waals surface area contributed by atoms with Gasteiger partial charge in [-0.25, -0.2) is 0 Å². The molecule has 0 aromatic heterocycles. The summed E-state index contributed by atoms with van der Waals surface area (Å²) in [7, 11) is 3.24. The summed E-state index contributed by atoms with van der Waals surface area (Å²) in [5.74, 6) is 0.794. The van der Waals surface area contributed by atoms with Crippen molar-refractivity contribution in [2.45, 2.75) is 19.4 Å². The van der Waals surface area contributed by atoms with Crippen LogP contribution in [-0.4, -0.2) is 69.3 Å². The summed E-state index contributed by atoms with van der Waals surface area (Å²) in [6.07, 6.45) is 0. The lowest BCUT2D eigenvalue weighted by Crippen LogP contribution is -2.41. The van der Waals surface area contributed by atoms with Crippen LogP contribution in [0.1, 0.15) is 22.6 Å². The fraction of sp³-hybridized carbons (Fsp3) is 0.480. The van der Waals surface area contributed by atoms with E-state index < -0.39 is 0 Å². The van der Waals surface area contributed by atoms with E-state index in [0.29, 0.717) is 25.0 Å². The molecular formula is C25H34N2O3. The molecule has 3 rings (SSSR count). The van der Waals surface area contributed by atoms with Gasteiger partial charge in [-0.05, 0) is 24.0 Å². The molecule has 5 nitrogen and oxygen atoms in total. The van der Waals surface area contributed by atoms with E-state index in [2.05, 4.69) is 66.4 Å². The van der Waals surface area contributed by atoms with E-state index in [1.807, 2.05) is 4.90 Å². The van der Waals surface area contributed by atoms with Crippen molar-refractivity contribution in [1.82, 2.24) is 9.80 Å². The topological polar surface area (TPSA) is 42.0 Å². The van der Waals surface area contributed by atoms with Crippen LogP contribution in [0, 0.1) is 12.8 Å². The SMILES string of the molecule is COCCN(CC1CN(Cc2ccccc2)CC1c1ccc(C)cc1)C(=O)COC. The van der Waals surface area contributed by atoms with Gasteiger partial charge < -0.3 is 14.4 Å². The summed E-state index contributed by atoms with van der Waals surface area (Å²) in [5.41, 5.74) is 3.95. The standard InChI is InChI=1S/C25H34N2O3/c1-20-9-11-22(12-10-20)24-18-26(15-21-7-5-4-6-8-21)16-23(24)17-27(13-14-29-2)25(28)19-30-3/h4-12,23-24H,13-19H2,1-3H3. The minimum atomic E-state index is 0.0266. The number of hydrogen-bond acceptors (Lipinski definition) is 4. The predicted molar refractivity (Wildman–Crippen MR) is 119 cm³/mol. The number of hydrogen-bond donors (Lipinski definition) is 0. The van der Waals surface area contributed by atoms with Crippen LogP contribution in [0.15, 0.2) is 54.6 Å². The zero-order chi connectivity index (χ0) is 21.3. The predicted octanol–water partition coefficient (Wildman–Crippen LogP) is 3.33. The molecule has 2 atom stereocenters. The molecule has 5 heteroatoms. The lowest BCUT2D eigenvalue weighted by Gasteiger charge is -2.28. The van der Waals surface area contributed by atoms with Crippen molar-refractivity contribution in [3.8, 4) is 0 Å². The van der Waals surface area contributed by atoms with Gasteiger partial charge in [0.2, 0.25) is 5.91 Å². The van der Waals surface area contributed by atoms with E-state index in [1.54, 1.807) is 14.2 Å². The van der Waals surface area contributed by atoms with E-state index in [-0.39, 0.29) is 12.5 Å². The number of rotatable bonds is 10. The number of likely N-dealkylation sites (tertiary alicyclic amines) is 1. The number of ether oxygens (including phenoxy) is 2. The van der Waals surface area contributed by atoms with Crippen molar-refractivity contribution < 1.29 is 14.3 Å². The molecule has 30 heavy (non-hydrogen) atoms. The van der Waals surface area contributed by atoms with E-state index in [4.69, 9.17) is 9.47 Å². The Balaban J connectivity index is 1.77. The number of carbonyl (C=O) groups excluding carboxylic acids is 1. The van der Waals surface area contributed by atoms with E-state index in [1.165, 1.54) is 16.7 Å². The van der Waals surface area contributed by atoms with Crippen LogP contribution >= 0.6 is 0 Å². The van der Waals surface area contributed by atoms with Crippen molar-refractivity contribution in [2.24, 2.45) is 5.92 Å². The third-order valence-corrected chi connectivity index (χ3v) is 5.91. The van der Waals surface area contributed by atoms with Gasteiger partial charge in [-0.2, -0.15) is 0 Å². The summed E-state index contributed by atoms with van der Waals surface area (Å²) in [5, 5.41) is 0. The maximum atomic E-state index is 12.6. The number of nitrogens with zero attached hydrogens (tertiary/aromatic N) is 2. The first-order valence-corrected chi connectivity index (χ1v) is 10.7. The minimum Gasteiger partial charge on any atom is -0.383 e. The maximum Gasteiger partial charge on any atom is 0.248 e. The zero-order valence-corrected chi connectivity index (χ0v) is 18.4.